The minimum Gasteiger partial charge on any atom is -0.480 e. The smallest absolute Gasteiger partial charge is 0.408 e. The first-order valence-electron chi connectivity index (χ1n) is 7.09. The van der Waals surface area contributed by atoms with Gasteiger partial charge in [-0.25, -0.2) is 9.59 Å². The van der Waals surface area contributed by atoms with Crippen LogP contribution in [-0.4, -0.2) is 39.6 Å². The molecule has 1 aliphatic rings. The van der Waals surface area contributed by atoms with Crippen LogP contribution in [0, 0.1) is 5.92 Å². The Balaban J connectivity index is 2.54. The van der Waals surface area contributed by atoms with E-state index < -0.39 is 23.7 Å². The zero-order valence-corrected chi connectivity index (χ0v) is 14.1. The summed E-state index contributed by atoms with van der Waals surface area (Å²) < 4.78 is 5.09. The molecule has 1 fully saturated rings. The van der Waals surface area contributed by atoms with E-state index in [0.717, 1.165) is 12.8 Å². The van der Waals surface area contributed by atoms with Crippen LogP contribution in [0.25, 0.3) is 0 Å². The minimum absolute atomic E-state index is 0.0648. The third kappa shape index (κ3) is 6.74. The summed E-state index contributed by atoms with van der Waals surface area (Å²) in [5.74, 6) is -0.932. The van der Waals surface area contributed by atoms with Gasteiger partial charge in [0.25, 0.3) is 0 Å². The highest BCUT2D eigenvalue weighted by Crippen LogP contribution is 2.34. The molecule has 0 aromatic rings. The van der Waals surface area contributed by atoms with E-state index in [4.69, 9.17) is 27.9 Å². The fourth-order valence-electron chi connectivity index (χ4n) is 2.38. The number of amides is 1. The number of alkyl carbamates (subject to hydrolysis) is 1. The number of carboxylic acids is 1. The predicted octanol–water partition coefficient (Wildman–Crippen LogP) is 3.37. The molecule has 0 aromatic carbocycles. The molecule has 21 heavy (non-hydrogen) atoms. The van der Waals surface area contributed by atoms with E-state index in [1.54, 1.807) is 20.8 Å². The lowest BCUT2D eigenvalue weighted by Crippen LogP contribution is -2.45. The van der Waals surface area contributed by atoms with Gasteiger partial charge in [0, 0.05) is 5.38 Å². The number of carbonyl (C=O) groups excluding carboxylic acids is 1. The molecule has 7 heteroatoms. The van der Waals surface area contributed by atoms with Crippen molar-refractivity contribution in [1.29, 1.82) is 0 Å². The second kappa shape index (κ2) is 7.54. The van der Waals surface area contributed by atoms with Gasteiger partial charge in [0.15, 0.2) is 0 Å². The Morgan fingerprint density at radius 2 is 1.90 bits per heavy atom. The number of ether oxygens (including phenoxy) is 1. The van der Waals surface area contributed by atoms with E-state index in [0.29, 0.717) is 12.8 Å². The number of nitrogens with one attached hydrogen (secondary N) is 1. The van der Waals surface area contributed by atoms with Gasteiger partial charge in [0.05, 0.1) is 5.38 Å². The molecular formula is C14H23Cl2NO4. The molecule has 1 aliphatic carbocycles. The van der Waals surface area contributed by atoms with Crippen LogP contribution in [0.5, 0.6) is 0 Å². The van der Waals surface area contributed by atoms with Gasteiger partial charge in [-0.2, -0.15) is 0 Å². The summed E-state index contributed by atoms with van der Waals surface area (Å²) in [6.45, 7) is 5.17. The van der Waals surface area contributed by atoms with Crippen molar-refractivity contribution < 1.29 is 19.4 Å². The largest absolute Gasteiger partial charge is 0.480 e. The van der Waals surface area contributed by atoms with Gasteiger partial charge in [-0.15, -0.1) is 23.2 Å². The number of halogens is 2. The van der Waals surface area contributed by atoms with Crippen molar-refractivity contribution in [1.82, 2.24) is 5.32 Å². The molecule has 0 saturated heterocycles. The summed E-state index contributed by atoms with van der Waals surface area (Å²) in [7, 11) is 0. The molecular weight excluding hydrogens is 317 g/mol. The van der Waals surface area contributed by atoms with Crippen LogP contribution >= 0.6 is 23.2 Å². The lowest BCUT2D eigenvalue weighted by molar-refractivity contribution is -0.140. The Morgan fingerprint density at radius 3 is 2.38 bits per heavy atom. The second-order valence-corrected chi connectivity index (χ2v) is 7.60. The van der Waals surface area contributed by atoms with Gasteiger partial charge in [0.2, 0.25) is 0 Å². The molecule has 0 heterocycles. The van der Waals surface area contributed by atoms with Crippen molar-refractivity contribution in [2.75, 3.05) is 0 Å². The molecule has 1 rings (SSSR count). The van der Waals surface area contributed by atoms with Crippen molar-refractivity contribution in [3.05, 3.63) is 0 Å². The number of aliphatic carboxylic acids is 1. The van der Waals surface area contributed by atoms with Crippen LogP contribution in [0.2, 0.25) is 0 Å². The number of carbonyl (C=O) groups is 2. The topological polar surface area (TPSA) is 75.6 Å². The fourth-order valence-corrected chi connectivity index (χ4v) is 2.99. The van der Waals surface area contributed by atoms with Gasteiger partial charge in [-0.1, -0.05) is 0 Å². The first-order chi connectivity index (χ1) is 9.58. The molecule has 1 amide bonds. The molecule has 0 spiro atoms. The van der Waals surface area contributed by atoms with Crippen LogP contribution in [0.3, 0.4) is 0 Å². The number of carboxylic acid groups (broad SMARTS) is 1. The third-order valence-corrected chi connectivity index (χ3v) is 4.49. The van der Waals surface area contributed by atoms with Crippen LogP contribution in [0.1, 0.15) is 46.5 Å². The molecule has 0 aliphatic heterocycles. The van der Waals surface area contributed by atoms with E-state index in [9.17, 15) is 14.7 Å². The average Bonchev–Trinajstić information content (AvgIpc) is 2.30. The van der Waals surface area contributed by atoms with Crippen LogP contribution < -0.4 is 5.32 Å². The fraction of sp³-hybridized carbons (Fsp3) is 0.857. The molecule has 0 aromatic heterocycles. The molecule has 0 bridgehead atoms. The zero-order chi connectivity index (χ0) is 16.2. The summed E-state index contributed by atoms with van der Waals surface area (Å²) in [5.41, 5.74) is -0.662. The maximum atomic E-state index is 11.7. The standard InChI is InChI=1S/C14H23Cl2NO4/c1-14(2,3)21-13(20)17-11(12(18)19)7-8-4-5-9(15)10(16)6-8/h8-11H,4-7H2,1-3H3,(H,17,20)(H,18,19). The Kier molecular flexibility index (Phi) is 6.60. The Bertz CT molecular complexity index is 384. The second-order valence-electron chi connectivity index (χ2n) is 6.48. The first kappa shape index (κ1) is 18.4. The van der Waals surface area contributed by atoms with Gasteiger partial charge in [-0.3, -0.25) is 0 Å². The lowest BCUT2D eigenvalue weighted by atomic mass is 9.84. The van der Waals surface area contributed by atoms with Crippen LogP contribution in [0.15, 0.2) is 0 Å². The van der Waals surface area contributed by atoms with Crippen molar-refractivity contribution in [3.8, 4) is 0 Å². The van der Waals surface area contributed by atoms with E-state index in [1.807, 2.05) is 0 Å². The number of hydrogen-bond donors (Lipinski definition) is 2. The summed E-state index contributed by atoms with van der Waals surface area (Å²) in [5, 5.41) is 11.4. The monoisotopic (exact) mass is 339 g/mol. The number of rotatable bonds is 4. The minimum atomic E-state index is -1.07. The van der Waals surface area contributed by atoms with Crippen molar-refractivity contribution in [2.45, 2.75) is 68.9 Å². The van der Waals surface area contributed by atoms with E-state index in [1.165, 1.54) is 0 Å². The molecule has 4 atom stereocenters. The highest BCUT2D eigenvalue weighted by molar-refractivity contribution is 6.30. The zero-order valence-electron chi connectivity index (χ0n) is 12.6. The van der Waals surface area contributed by atoms with Crippen molar-refractivity contribution >= 4 is 35.3 Å². The molecule has 4 unspecified atom stereocenters. The maximum absolute atomic E-state index is 11.7. The van der Waals surface area contributed by atoms with E-state index in [2.05, 4.69) is 5.32 Å². The van der Waals surface area contributed by atoms with Crippen LogP contribution in [-0.2, 0) is 9.53 Å². The molecule has 0 radical (unpaired) electrons. The summed E-state index contributed by atoms with van der Waals surface area (Å²) in [6, 6.07) is -0.972. The first-order valence-corrected chi connectivity index (χ1v) is 7.96. The van der Waals surface area contributed by atoms with E-state index in [-0.39, 0.29) is 16.7 Å². The average molecular weight is 340 g/mol. The Hall–Kier alpha value is -0.680. The van der Waals surface area contributed by atoms with Crippen molar-refractivity contribution in [2.24, 2.45) is 5.92 Å². The van der Waals surface area contributed by atoms with E-state index >= 15 is 0 Å². The lowest BCUT2D eigenvalue weighted by Gasteiger charge is -2.31. The van der Waals surface area contributed by atoms with Crippen molar-refractivity contribution in [3.63, 3.8) is 0 Å². The molecule has 5 nitrogen and oxygen atoms in total. The van der Waals surface area contributed by atoms with Gasteiger partial charge < -0.3 is 15.2 Å². The summed E-state index contributed by atoms with van der Waals surface area (Å²) >= 11 is 12.2. The SMILES string of the molecule is CC(C)(C)OC(=O)NC(CC1CCC(Cl)C(Cl)C1)C(=O)O. The molecule has 2 N–H and O–H groups in total. The Labute approximate surface area is 135 Å². The summed E-state index contributed by atoms with van der Waals surface area (Å²) in [6.07, 6.45) is 1.86. The van der Waals surface area contributed by atoms with Crippen LogP contribution in [0.4, 0.5) is 4.79 Å². The molecule has 1 saturated carbocycles. The quantitative estimate of drug-likeness (QED) is 0.770. The van der Waals surface area contributed by atoms with Gasteiger partial charge in [0.1, 0.15) is 11.6 Å². The predicted molar refractivity (Wildman–Crippen MR) is 82.0 cm³/mol. The highest BCUT2D eigenvalue weighted by atomic mass is 35.5. The normalized spacial score (nSPS) is 27.8. The van der Waals surface area contributed by atoms with Gasteiger partial charge >= 0.3 is 12.1 Å². The number of alkyl halides is 2. The van der Waals surface area contributed by atoms with Gasteiger partial charge in [-0.05, 0) is 52.4 Å². The third-order valence-electron chi connectivity index (χ3n) is 3.36. The maximum Gasteiger partial charge on any atom is 0.408 e. The molecule has 122 valence electrons. The Morgan fingerprint density at radius 1 is 1.29 bits per heavy atom. The highest BCUT2D eigenvalue weighted by Gasteiger charge is 2.32. The number of hydrogen-bond acceptors (Lipinski definition) is 3. The summed E-state index contributed by atoms with van der Waals surface area (Å²) in [4.78, 5) is 23.0.